The Morgan fingerprint density at radius 3 is 2.43 bits per heavy atom. The van der Waals surface area contributed by atoms with Crippen LogP contribution in [-0.2, 0) is 9.59 Å². The molecule has 2 nitrogen and oxygen atoms in total. The number of hydrogen-bond donors (Lipinski definition) is 0. The molecule has 0 saturated carbocycles. The number of Topliss-reactive ketones (excluding diaryl/α,β-unsaturated/α-hetero) is 1. The molecule has 0 atom stereocenters. The fourth-order valence-electron chi connectivity index (χ4n) is 1.36. The molecule has 0 saturated heterocycles. The molecule has 0 aromatic heterocycles. The van der Waals surface area contributed by atoms with E-state index in [1.54, 1.807) is 5.94 Å². The summed E-state index contributed by atoms with van der Waals surface area (Å²) in [7, 11) is 0. The second-order valence-corrected chi connectivity index (χ2v) is 3.58. The fraction of sp³-hybridized carbons (Fsp3) is 0.750. The first kappa shape index (κ1) is 13.1. The highest BCUT2D eigenvalue weighted by Gasteiger charge is 1.98. The molecule has 80 valence electrons. The van der Waals surface area contributed by atoms with E-state index in [9.17, 15) is 9.59 Å². The van der Waals surface area contributed by atoms with E-state index in [1.165, 1.54) is 31.8 Å². The van der Waals surface area contributed by atoms with Crippen LogP contribution in [0.1, 0.15) is 58.3 Å². The molecule has 0 heterocycles. The van der Waals surface area contributed by atoms with E-state index in [1.807, 2.05) is 0 Å². The lowest BCUT2D eigenvalue weighted by Crippen LogP contribution is -1.95. The molecule has 0 aliphatic rings. The molecule has 0 aliphatic carbocycles. The minimum Gasteiger partial charge on any atom is -0.299 e. The molecule has 0 aromatic rings. The number of hydrogen-bond acceptors (Lipinski definition) is 2. The van der Waals surface area contributed by atoms with Crippen molar-refractivity contribution in [2.45, 2.75) is 58.3 Å². The average molecular weight is 196 g/mol. The molecule has 0 fully saturated rings. The lowest BCUT2D eigenvalue weighted by Gasteiger charge is -1.98. The predicted octanol–water partition coefficient (Wildman–Crippen LogP) is 3.08. The number of carbonyl (C=O) groups is 1. The standard InChI is InChI=1S/C12H20O2/c1-2-3-4-5-6-7-9-12(14)10-8-11-13/h8H,2-7,9-10H2,1H3. The normalized spacial score (nSPS) is 9.50. The molecule has 0 aromatic carbocycles. The highest BCUT2D eigenvalue weighted by molar-refractivity contribution is 5.81. The average Bonchev–Trinajstić information content (AvgIpc) is 2.20. The summed E-state index contributed by atoms with van der Waals surface area (Å²) in [6, 6.07) is 0. The third-order valence-electron chi connectivity index (χ3n) is 2.22. The summed E-state index contributed by atoms with van der Waals surface area (Å²) in [5.74, 6) is 1.78. The molecule has 0 radical (unpaired) electrons. The topological polar surface area (TPSA) is 34.1 Å². The maximum absolute atomic E-state index is 11.1. The maximum Gasteiger partial charge on any atom is 0.137 e. The molecule has 0 aliphatic heterocycles. The van der Waals surface area contributed by atoms with Crippen molar-refractivity contribution in [1.82, 2.24) is 0 Å². The van der Waals surface area contributed by atoms with Gasteiger partial charge in [0.2, 0.25) is 0 Å². The summed E-state index contributed by atoms with van der Waals surface area (Å²) in [5.41, 5.74) is 0. The number of carbonyl (C=O) groups excluding carboxylic acids is 2. The van der Waals surface area contributed by atoms with E-state index >= 15 is 0 Å². The van der Waals surface area contributed by atoms with Gasteiger partial charge in [0.05, 0.1) is 0 Å². The van der Waals surface area contributed by atoms with E-state index in [0.29, 0.717) is 6.42 Å². The van der Waals surface area contributed by atoms with E-state index in [-0.39, 0.29) is 12.2 Å². The van der Waals surface area contributed by atoms with Crippen molar-refractivity contribution >= 4 is 11.7 Å². The van der Waals surface area contributed by atoms with Crippen LogP contribution in [0.2, 0.25) is 0 Å². The van der Waals surface area contributed by atoms with Crippen molar-refractivity contribution in [3.8, 4) is 0 Å². The van der Waals surface area contributed by atoms with E-state index in [2.05, 4.69) is 6.92 Å². The second kappa shape index (κ2) is 10.2. The van der Waals surface area contributed by atoms with E-state index in [0.717, 1.165) is 12.8 Å². The highest BCUT2D eigenvalue weighted by atomic mass is 16.1. The van der Waals surface area contributed by atoms with Gasteiger partial charge in [0.15, 0.2) is 0 Å². The molecule has 0 N–H and O–H groups in total. The van der Waals surface area contributed by atoms with Gasteiger partial charge in [-0.1, -0.05) is 39.0 Å². The Hall–Kier alpha value is -0.880. The maximum atomic E-state index is 11.1. The summed E-state index contributed by atoms with van der Waals surface area (Å²) in [5, 5.41) is 0. The van der Waals surface area contributed by atoms with Crippen LogP contribution in [0.25, 0.3) is 0 Å². The third-order valence-corrected chi connectivity index (χ3v) is 2.22. The monoisotopic (exact) mass is 196 g/mol. The van der Waals surface area contributed by atoms with Crippen LogP contribution in [0.5, 0.6) is 0 Å². The fourth-order valence-corrected chi connectivity index (χ4v) is 1.36. The van der Waals surface area contributed by atoms with Gasteiger partial charge in [-0.05, 0) is 6.42 Å². The van der Waals surface area contributed by atoms with Crippen LogP contribution in [-0.4, -0.2) is 11.7 Å². The number of rotatable bonds is 9. The molecule has 0 unspecified atom stereocenters. The summed E-state index contributed by atoms with van der Waals surface area (Å²) >= 11 is 0. The largest absolute Gasteiger partial charge is 0.299 e. The van der Waals surface area contributed by atoms with Gasteiger partial charge in [-0.25, -0.2) is 4.79 Å². The third kappa shape index (κ3) is 9.21. The van der Waals surface area contributed by atoms with Crippen molar-refractivity contribution in [3.63, 3.8) is 0 Å². The van der Waals surface area contributed by atoms with Gasteiger partial charge < -0.3 is 0 Å². The molecule has 0 amide bonds. The molecular weight excluding hydrogens is 176 g/mol. The number of allylic oxidation sites excluding steroid dienone is 1. The Labute approximate surface area is 86.4 Å². The highest BCUT2D eigenvalue weighted by Crippen LogP contribution is 2.07. The van der Waals surface area contributed by atoms with Gasteiger partial charge in [0.25, 0.3) is 0 Å². The molecular formula is C12H20O2. The van der Waals surface area contributed by atoms with Gasteiger partial charge >= 0.3 is 0 Å². The van der Waals surface area contributed by atoms with Crippen molar-refractivity contribution in [3.05, 3.63) is 6.08 Å². The Morgan fingerprint density at radius 1 is 1.14 bits per heavy atom. The quantitative estimate of drug-likeness (QED) is 0.419. The van der Waals surface area contributed by atoms with Crippen LogP contribution in [0.4, 0.5) is 0 Å². The van der Waals surface area contributed by atoms with Crippen molar-refractivity contribution in [2.75, 3.05) is 0 Å². The predicted molar refractivity (Wildman–Crippen MR) is 57.9 cm³/mol. The Bertz CT molecular complexity index is 190. The van der Waals surface area contributed by atoms with Gasteiger partial charge in [-0.15, -0.1) is 0 Å². The van der Waals surface area contributed by atoms with Crippen molar-refractivity contribution in [2.24, 2.45) is 0 Å². The Morgan fingerprint density at radius 2 is 1.79 bits per heavy atom. The molecule has 0 rings (SSSR count). The van der Waals surface area contributed by atoms with Crippen LogP contribution >= 0.6 is 0 Å². The lowest BCUT2D eigenvalue weighted by atomic mass is 10.1. The first-order valence-electron chi connectivity index (χ1n) is 5.52. The van der Waals surface area contributed by atoms with Gasteiger partial charge in [-0.2, -0.15) is 0 Å². The zero-order chi connectivity index (χ0) is 10.6. The smallest absolute Gasteiger partial charge is 0.137 e. The Balaban J connectivity index is 3.18. The number of ketones is 1. The first-order valence-corrected chi connectivity index (χ1v) is 5.52. The molecule has 0 spiro atoms. The summed E-state index contributed by atoms with van der Waals surface area (Å²) in [6.45, 7) is 2.19. The minimum absolute atomic E-state index is 0.156. The SMILES string of the molecule is CCCCCCCCC(=O)CC=C=O. The van der Waals surface area contributed by atoms with Crippen LogP contribution < -0.4 is 0 Å². The molecule has 14 heavy (non-hydrogen) atoms. The lowest BCUT2D eigenvalue weighted by molar-refractivity contribution is -0.118. The van der Waals surface area contributed by atoms with Crippen LogP contribution in [0, 0.1) is 0 Å². The van der Waals surface area contributed by atoms with E-state index in [4.69, 9.17) is 0 Å². The number of unbranched alkanes of at least 4 members (excludes halogenated alkanes) is 5. The van der Waals surface area contributed by atoms with Gasteiger partial charge in [-0.3, -0.25) is 4.79 Å². The van der Waals surface area contributed by atoms with Crippen LogP contribution in [0.3, 0.4) is 0 Å². The van der Waals surface area contributed by atoms with Gasteiger partial charge in [0.1, 0.15) is 11.7 Å². The molecule has 0 bridgehead atoms. The second-order valence-electron chi connectivity index (χ2n) is 3.58. The van der Waals surface area contributed by atoms with Gasteiger partial charge in [0, 0.05) is 18.9 Å². The van der Waals surface area contributed by atoms with Crippen molar-refractivity contribution in [1.29, 1.82) is 0 Å². The summed E-state index contributed by atoms with van der Waals surface area (Å²) < 4.78 is 0. The first-order chi connectivity index (χ1) is 6.81. The van der Waals surface area contributed by atoms with Crippen molar-refractivity contribution < 1.29 is 9.59 Å². The molecule has 2 heteroatoms. The zero-order valence-corrected chi connectivity index (χ0v) is 9.05. The minimum atomic E-state index is 0.156. The summed E-state index contributed by atoms with van der Waals surface area (Å²) in [6.07, 6.45) is 9.29. The Kier molecular flexibility index (Phi) is 9.56. The van der Waals surface area contributed by atoms with Crippen LogP contribution in [0.15, 0.2) is 6.08 Å². The summed E-state index contributed by atoms with van der Waals surface area (Å²) in [4.78, 5) is 20.9. The zero-order valence-electron chi connectivity index (χ0n) is 9.05. The van der Waals surface area contributed by atoms with E-state index < -0.39 is 0 Å².